The zero-order valence-electron chi connectivity index (χ0n) is 19.7. The molecule has 0 fully saturated rings. The minimum Gasteiger partial charge on any atom is -0.457 e. The molecule has 1 N–H and O–H groups in total. The van der Waals surface area contributed by atoms with Gasteiger partial charge >= 0.3 is 11.9 Å². The van der Waals surface area contributed by atoms with Gasteiger partial charge in [0.15, 0.2) is 19.0 Å². The number of amides is 1. The minimum atomic E-state index is -0.649. The topological polar surface area (TPSA) is 116 Å². The summed E-state index contributed by atoms with van der Waals surface area (Å²) in [7, 11) is 0. The van der Waals surface area contributed by atoms with Gasteiger partial charge in [-0.2, -0.15) is 0 Å². The molecule has 0 aliphatic carbocycles. The Morgan fingerprint density at radius 3 is 2.11 bits per heavy atom. The number of benzene rings is 2. The Labute approximate surface area is 212 Å². The minimum absolute atomic E-state index is 0.0111. The van der Waals surface area contributed by atoms with Crippen molar-refractivity contribution in [2.24, 2.45) is 0 Å². The monoisotopic (exact) mass is 507 g/mol. The third-order valence-corrected chi connectivity index (χ3v) is 5.97. The molecule has 0 saturated carbocycles. The highest BCUT2D eigenvalue weighted by atomic mass is 32.1. The molecule has 0 saturated heterocycles. The number of esters is 2. The van der Waals surface area contributed by atoms with E-state index >= 15 is 0 Å². The third-order valence-electron chi connectivity index (χ3n) is 5.06. The van der Waals surface area contributed by atoms with Gasteiger partial charge in [-0.15, -0.1) is 11.3 Å². The van der Waals surface area contributed by atoms with E-state index in [1.54, 1.807) is 41.8 Å². The lowest BCUT2D eigenvalue weighted by molar-refractivity contribution is -0.142. The molecule has 0 radical (unpaired) electrons. The van der Waals surface area contributed by atoms with Crippen LogP contribution >= 0.6 is 11.3 Å². The fourth-order valence-electron chi connectivity index (χ4n) is 3.07. The van der Waals surface area contributed by atoms with Crippen molar-refractivity contribution in [1.82, 2.24) is 0 Å². The molecule has 36 heavy (non-hydrogen) atoms. The molecule has 0 bridgehead atoms. The van der Waals surface area contributed by atoms with Crippen LogP contribution in [-0.4, -0.2) is 42.6 Å². The summed E-state index contributed by atoms with van der Waals surface area (Å²) in [5.74, 6) is -2.07. The number of aryl methyl sites for hydroxylation is 1. The Morgan fingerprint density at radius 2 is 1.44 bits per heavy atom. The molecule has 0 unspecified atom stereocenters. The number of anilines is 1. The highest BCUT2D eigenvalue weighted by Crippen LogP contribution is 2.13. The van der Waals surface area contributed by atoms with E-state index in [0.29, 0.717) is 16.1 Å². The van der Waals surface area contributed by atoms with Gasteiger partial charge in [-0.25, -0.2) is 4.79 Å². The summed E-state index contributed by atoms with van der Waals surface area (Å²) in [4.78, 5) is 60.6. The molecular formula is C27H25NO7S. The van der Waals surface area contributed by atoms with Crippen LogP contribution in [0.15, 0.2) is 66.0 Å². The van der Waals surface area contributed by atoms with Crippen molar-refractivity contribution in [3.05, 3.63) is 87.6 Å². The molecule has 1 amide bonds. The summed E-state index contributed by atoms with van der Waals surface area (Å²) < 4.78 is 10.0. The Balaban J connectivity index is 1.35. The van der Waals surface area contributed by atoms with E-state index in [-0.39, 0.29) is 55.5 Å². The van der Waals surface area contributed by atoms with Crippen LogP contribution in [-0.2, 0) is 19.1 Å². The quantitative estimate of drug-likeness (QED) is 0.281. The summed E-state index contributed by atoms with van der Waals surface area (Å²) in [6.45, 7) is 1.22. The van der Waals surface area contributed by atoms with E-state index in [4.69, 9.17) is 9.47 Å². The fraction of sp³-hybridized carbons (Fsp3) is 0.222. The second kappa shape index (κ2) is 13.1. The lowest BCUT2D eigenvalue weighted by Crippen LogP contribution is -2.15. The maximum atomic E-state index is 12.2. The van der Waals surface area contributed by atoms with E-state index in [0.717, 1.165) is 5.56 Å². The van der Waals surface area contributed by atoms with Crippen LogP contribution in [0.25, 0.3) is 0 Å². The van der Waals surface area contributed by atoms with E-state index in [9.17, 15) is 24.0 Å². The smallest absolute Gasteiger partial charge is 0.338 e. The molecule has 3 aromatic rings. The average Bonchev–Trinajstić information content (AvgIpc) is 3.42. The molecule has 3 rings (SSSR count). The summed E-state index contributed by atoms with van der Waals surface area (Å²) in [6, 6.07) is 16.4. The first-order chi connectivity index (χ1) is 17.3. The van der Waals surface area contributed by atoms with Crippen LogP contribution in [0.2, 0.25) is 0 Å². The van der Waals surface area contributed by atoms with E-state index in [1.807, 2.05) is 19.1 Å². The molecule has 2 aromatic carbocycles. The molecule has 0 spiro atoms. The van der Waals surface area contributed by atoms with E-state index < -0.39 is 11.9 Å². The SMILES string of the molecule is Cc1ccc(C(=O)COC(=O)c2ccc(NC(=O)CCCC(=O)OCC(=O)c3cccs3)cc2)cc1. The number of hydrogen-bond donors (Lipinski definition) is 1. The summed E-state index contributed by atoms with van der Waals surface area (Å²) in [5.41, 5.74) is 2.20. The van der Waals surface area contributed by atoms with Gasteiger partial charge in [-0.05, 0) is 49.1 Å². The maximum absolute atomic E-state index is 12.2. The molecule has 0 aliphatic heterocycles. The Hall–Kier alpha value is -4.11. The van der Waals surface area contributed by atoms with Crippen LogP contribution in [0.3, 0.4) is 0 Å². The zero-order valence-corrected chi connectivity index (χ0v) is 20.5. The summed E-state index contributed by atoms with van der Waals surface area (Å²) in [6.07, 6.45) is 0.355. The van der Waals surface area contributed by atoms with Gasteiger partial charge in [0.25, 0.3) is 0 Å². The summed E-state index contributed by atoms with van der Waals surface area (Å²) in [5, 5.41) is 4.44. The number of hydrogen-bond acceptors (Lipinski definition) is 8. The molecule has 9 heteroatoms. The first-order valence-electron chi connectivity index (χ1n) is 11.2. The highest BCUT2D eigenvalue weighted by molar-refractivity contribution is 7.12. The van der Waals surface area contributed by atoms with Crippen LogP contribution in [0.5, 0.6) is 0 Å². The van der Waals surface area contributed by atoms with Crippen molar-refractivity contribution >= 4 is 46.4 Å². The second-order valence-electron chi connectivity index (χ2n) is 7.91. The van der Waals surface area contributed by atoms with Gasteiger partial charge < -0.3 is 14.8 Å². The van der Waals surface area contributed by atoms with Gasteiger partial charge in [0.05, 0.1) is 10.4 Å². The predicted molar refractivity (Wildman–Crippen MR) is 134 cm³/mol. The van der Waals surface area contributed by atoms with Gasteiger partial charge in [0.1, 0.15) is 0 Å². The van der Waals surface area contributed by atoms with Crippen LogP contribution in [0, 0.1) is 6.92 Å². The number of ketones is 2. The van der Waals surface area contributed by atoms with E-state index in [1.165, 1.54) is 23.5 Å². The van der Waals surface area contributed by atoms with Crippen molar-refractivity contribution in [2.45, 2.75) is 26.2 Å². The van der Waals surface area contributed by atoms with Gasteiger partial charge in [0.2, 0.25) is 11.7 Å². The normalized spacial score (nSPS) is 10.4. The van der Waals surface area contributed by atoms with Gasteiger partial charge in [-0.3, -0.25) is 19.2 Å². The summed E-state index contributed by atoms with van der Waals surface area (Å²) >= 11 is 1.28. The molecule has 1 heterocycles. The molecular weight excluding hydrogens is 482 g/mol. The maximum Gasteiger partial charge on any atom is 0.338 e. The lowest BCUT2D eigenvalue weighted by Gasteiger charge is -2.08. The Morgan fingerprint density at radius 1 is 0.778 bits per heavy atom. The van der Waals surface area contributed by atoms with Crippen LogP contribution in [0.1, 0.15) is 55.2 Å². The molecule has 8 nitrogen and oxygen atoms in total. The van der Waals surface area contributed by atoms with Crippen LogP contribution in [0.4, 0.5) is 5.69 Å². The fourth-order valence-corrected chi connectivity index (χ4v) is 3.72. The first-order valence-corrected chi connectivity index (χ1v) is 12.1. The second-order valence-corrected chi connectivity index (χ2v) is 8.85. The molecule has 0 aliphatic rings. The van der Waals surface area contributed by atoms with Gasteiger partial charge in [-0.1, -0.05) is 35.9 Å². The number of carbonyl (C=O) groups excluding carboxylic acids is 5. The first kappa shape index (κ1) is 26.5. The zero-order chi connectivity index (χ0) is 25.9. The molecule has 1 aromatic heterocycles. The van der Waals surface area contributed by atoms with Crippen molar-refractivity contribution < 1.29 is 33.4 Å². The number of carbonyl (C=O) groups is 5. The highest BCUT2D eigenvalue weighted by Gasteiger charge is 2.13. The Bertz CT molecular complexity index is 1220. The number of Topliss-reactive ketones (excluding diaryl/α,β-unsaturated/α-hetero) is 2. The standard InChI is InChI=1S/C27H25NO7S/c1-18-7-9-19(10-8-18)22(29)16-35-27(33)20-11-13-21(14-12-20)28-25(31)5-2-6-26(32)34-17-23(30)24-4-3-15-36-24/h3-4,7-15H,2,5-6,16-17H2,1H3,(H,28,31). The van der Waals surface area contributed by atoms with Crippen molar-refractivity contribution in [2.75, 3.05) is 18.5 Å². The van der Waals surface area contributed by atoms with Crippen molar-refractivity contribution in [1.29, 1.82) is 0 Å². The number of thiophene rings is 1. The number of rotatable bonds is 12. The molecule has 186 valence electrons. The molecule has 0 atom stereocenters. The average molecular weight is 508 g/mol. The van der Waals surface area contributed by atoms with Gasteiger partial charge in [0, 0.05) is 24.1 Å². The van der Waals surface area contributed by atoms with E-state index in [2.05, 4.69) is 5.32 Å². The third kappa shape index (κ3) is 8.28. The van der Waals surface area contributed by atoms with Crippen molar-refractivity contribution in [3.63, 3.8) is 0 Å². The van der Waals surface area contributed by atoms with Crippen molar-refractivity contribution in [3.8, 4) is 0 Å². The number of ether oxygens (including phenoxy) is 2. The van der Waals surface area contributed by atoms with Crippen LogP contribution < -0.4 is 5.32 Å². The Kier molecular flexibility index (Phi) is 9.64. The largest absolute Gasteiger partial charge is 0.457 e. The lowest BCUT2D eigenvalue weighted by atomic mass is 10.1. The predicted octanol–water partition coefficient (Wildman–Crippen LogP) is 4.63. The number of nitrogens with one attached hydrogen (secondary N) is 1.